The predicted octanol–water partition coefficient (Wildman–Crippen LogP) is 0.995. The molecule has 0 aromatic carbocycles. The molecule has 1 fully saturated rings. The van der Waals surface area contributed by atoms with Crippen molar-refractivity contribution in [2.45, 2.75) is 32.4 Å². The molecule has 4 heteroatoms. The average molecular weight is 209 g/mol. The predicted molar refractivity (Wildman–Crippen MR) is 58.9 cm³/mol. The maximum atomic E-state index is 5.63. The van der Waals surface area contributed by atoms with E-state index in [0.717, 1.165) is 26.2 Å². The van der Waals surface area contributed by atoms with Crippen molar-refractivity contribution in [1.29, 1.82) is 0 Å². The fourth-order valence-electron chi connectivity index (χ4n) is 1.72. The SMILES string of the molecule is CC(C)c1cnn(C[C@H]2CNCCO2)c1. The summed E-state index contributed by atoms with van der Waals surface area (Å²) >= 11 is 0. The van der Waals surface area contributed by atoms with Crippen molar-refractivity contribution >= 4 is 0 Å². The van der Waals surface area contributed by atoms with E-state index in [4.69, 9.17) is 4.74 Å². The number of morpholine rings is 1. The van der Waals surface area contributed by atoms with Gasteiger partial charge in [-0.05, 0) is 11.5 Å². The minimum absolute atomic E-state index is 0.263. The quantitative estimate of drug-likeness (QED) is 0.807. The first kappa shape index (κ1) is 10.6. The molecule has 2 rings (SSSR count). The van der Waals surface area contributed by atoms with Gasteiger partial charge in [0.1, 0.15) is 0 Å². The van der Waals surface area contributed by atoms with Crippen LogP contribution in [-0.4, -0.2) is 35.6 Å². The summed E-state index contributed by atoms with van der Waals surface area (Å²) in [7, 11) is 0. The zero-order valence-electron chi connectivity index (χ0n) is 9.44. The lowest BCUT2D eigenvalue weighted by Gasteiger charge is -2.23. The van der Waals surface area contributed by atoms with Crippen LogP contribution in [0, 0.1) is 0 Å². The number of hydrogen-bond donors (Lipinski definition) is 1. The summed E-state index contributed by atoms with van der Waals surface area (Å²) in [5, 5.41) is 7.66. The molecule has 1 aromatic heterocycles. The van der Waals surface area contributed by atoms with Gasteiger partial charge in [0.05, 0.1) is 25.5 Å². The molecule has 0 bridgehead atoms. The zero-order valence-corrected chi connectivity index (χ0v) is 9.44. The molecule has 0 aliphatic carbocycles. The molecule has 4 nitrogen and oxygen atoms in total. The van der Waals surface area contributed by atoms with Crippen LogP contribution < -0.4 is 5.32 Å². The zero-order chi connectivity index (χ0) is 10.7. The van der Waals surface area contributed by atoms with Gasteiger partial charge in [-0.2, -0.15) is 5.10 Å². The number of hydrogen-bond acceptors (Lipinski definition) is 3. The summed E-state index contributed by atoms with van der Waals surface area (Å²) in [4.78, 5) is 0. The van der Waals surface area contributed by atoms with Gasteiger partial charge in [0.25, 0.3) is 0 Å². The second-order valence-electron chi connectivity index (χ2n) is 4.35. The number of nitrogens with zero attached hydrogens (tertiary/aromatic N) is 2. The van der Waals surface area contributed by atoms with Crippen LogP contribution in [0.4, 0.5) is 0 Å². The molecular formula is C11H19N3O. The summed E-state index contributed by atoms with van der Waals surface area (Å²) in [5.41, 5.74) is 1.29. The Bertz CT molecular complexity index is 303. The molecule has 1 aromatic rings. The minimum atomic E-state index is 0.263. The smallest absolute Gasteiger partial charge is 0.0895 e. The van der Waals surface area contributed by atoms with Gasteiger partial charge in [-0.25, -0.2) is 0 Å². The van der Waals surface area contributed by atoms with E-state index in [2.05, 4.69) is 30.5 Å². The third-order valence-electron chi connectivity index (χ3n) is 2.71. The fraction of sp³-hybridized carbons (Fsp3) is 0.727. The molecule has 0 amide bonds. The van der Waals surface area contributed by atoms with Crippen LogP contribution in [0.25, 0.3) is 0 Å². The highest BCUT2D eigenvalue weighted by molar-refractivity contribution is 5.08. The lowest BCUT2D eigenvalue weighted by molar-refractivity contribution is 0.0161. The van der Waals surface area contributed by atoms with Gasteiger partial charge >= 0.3 is 0 Å². The van der Waals surface area contributed by atoms with Crippen LogP contribution in [0.2, 0.25) is 0 Å². The van der Waals surface area contributed by atoms with Gasteiger partial charge in [-0.1, -0.05) is 13.8 Å². The van der Waals surface area contributed by atoms with E-state index in [-0.39, 0.29) is 6.10 Å². The maximum absolute atomic E-state index is 5.63. The van der Waals surface area contributed by atoms with E-state index >= 15 is 0 Å². The van der Waals surface area contributed by atoms with E-state index in [1.807, 2.05) is 10.9 Å². The summed E-state index contributed by atoms with van der Waals surface area (Å²) < 4.78 is 7.61. The molecule has 1 saturated heterocycles. The molecule has 0 spiro atoms. The Hall–Kier alpha value is -0.870. The van der Waals surface area contributed by atoms with Gasteiger partial charge in [-0.15, -0.1) is 0 Å². The fourth-order valence-corrected chi connectivity index (χ4v) is 1.72. The highest BCUT2D eigenvalue weighted by Gasteiger charge is 2.14. The standard InChI is InChI=1S/C11H19N3O/c1-9(2)10-5-13-14(7-10)8-11-6-12-3-4-15-11/h5,7,9,11-12H,3-4,6,8H2,1-2H3/t11-/m1/s1. The van der Waals surface area contributed by atoms with Crippen LogP contribution in [0.3, 0.4) is 0 Å². The summed E-state index contributed by atoms with van der Waals surface area (Å²) in [5.74, 6) is 0.546. The van der Waals surface area contributed by atoms with Crippen LogP contribution in [0.15, 0.2) is 12.4 Å². The van der Waals surface area contributed by atoms with Crippen LogP contribution in [0.5, 0.6) is 0 Å². The van der Waals surface area contributed by atoms with Crippen molar-refractivity contribution in [2.75, 3.05) is 19.7 Å². The molecule has 15 heavy (non-hydrogen) atoms. The van der Waals surface area contributed by atoms with E-state index in [1.54, 1.807) is 0 Å². The molecule has 0 saturated carbocycles. The topological polar surface area (TPSA) is 39.1 Å². The Morgan fingerprint density at radius 3 is 3.13 bits per heavy atom. The Kier molecular flexibility index (Phi) is 3.38. The van der Waals surface area contributed by atoms with Crippen molar-refractivity contribution in [3.63, 3.8) is 0 Å². The lowest BCUT2D eigenvalue weighted by Crippen LogP contribution is -2.40. The molecule has 1 atom stereocenters. The van der Waals surface area contributed by atoms with Gasteiger partial charge in [0.15, 0.2) is 0 Å². The van der Waals surface area contributed by atoms with Crippen molar-refractivity contribution in [3.05, 3.63) is 18.0 Å². The Morgan fingerprint density at radius 1 is 1.67 bits per heavy atom. The number of rotatable bonds is 3. The van der Waals surface area contributed by atoms with Crippen molar-refractivity contribution in [2.24, 2.45) is 0 Å². The van der Waals surface area contributed by atoms with Crippen LogP contribution in [0.1, 0.15) is 25.3 Å². The Labute approximate surface area is 90.6 Å². The largest absolute Gasteiger partial charge is 0.374 e. The highest BCUT2D eigenvalue weighted by atomic mass is 16.5. The van der Waals surface area contributed by atoms with Gasteiger partial charge < -0.3 is 10.1 Å². The van der Waals surface area contributed by atoms with Gasteiger partial charge in [0.2, 0.25) is 0 Å². The van der Waals surface area contributed by atoms with Crippen LogP contribution >= 0.6 is 0 Å². The molecular weight excluding hydrogens is 190 g/mol. The first-order valence-corrected chi connectivity index (χ1v) is 5.60. The van der Waals surface area contributed by atoms with Crippen molar-refractivity contribution < 1.29 is 4.74 Å². The Balaban J connectivity index is 1.91. The first-order valence-electron chi connectivity index (χ1n) is 5.60. The number of aromatic nitrogens is 2. The molecule has 0 radical (unpaired) electrons. The second kappa shape index (κ2) is 4.77. The summed E-state index contributed by atoms with van der Waals surface area (Å²) in [6.07, 6.45) is 4.32. The van der Waals surface area contributed by atoms with E-state index in [9.17, 15) is 0 Å². The molecule has 2 heterocycles. The molecule has 1 aliphatic rings. The van der Waals surface area contributed by atoms with Crippen molar-refractivity contribution in [3.8, 4) is 0 Å². The van der Waals surface area contributed by atoms with Crippen LogP contribution in [-0.2, 0) is 11.3 Å². The molecule has 1 aliphatic heterocycles. The van der Waals surface area contributed by atoms with Crippen molar-refractivity contribution in [1.82, 2.24) is 15.1 Å². The maximum Gasteiger partial charge on any atom is 0.0895 e. The molecule has 1 N–H and O–H groups in total. The van der Waals surface area contributed by atoms with Gasteiger partial charge in [-0.3, -0.25) is 4.68 Å². The third kappa shape index (κ3) is 2.79. The summed E-state index contributed by atoms with van der Waals surface area (Å²) in [6.45, 7) is 7.91. The second-order valence-corrected chi connectivity index (χ2v) is 4.35. The van der Waals surface area contributed by atoms with E-state index in [1.165, 1.54) is 5.56 Å². The normalized spacial score (nSPS) is 22.2. The van der Waals surface area contributed by atoms with E-state index < -0.39 is 0 Å². The van der Waals surface area contributed by atoms with Gasteiger partial charge in [0, 0.05) is 19.3 Å². The third-order valence-corrected chi connectivity index (χ3v) is 2.71. The lowest BCUT2D eigenvalue weighted by atomic mass is 10.1. The monoisotopic (exact) mass is 209 g/mol. The summed E-state index contributed by atoms with van der Waals surface area (Å²) in [6, 6.07) is 0. The van der Waals surface area contributed by atoms with E-state index in [0.29, 0.717) is 5.92 Å². The average Bonchev–Trinajstić information content (AvgIpc) is 2.68. The number of nitrogens with one attached hydrogen (secondary N) is 1. The first-order chi connectivity index (χ1) is 7.25. The Morgan fingerprint density at radius 2 is 2.53 bits per heavy atom. The minimum Gasteiger partial charge on any atom is -0.374 e. The number of ether oxygens (including phenoxy) is 1. The molecule has 0 unspecified atom stereocenters. The highest BCUT2D eigenvalue weighted by Crippen LogP contribution is 2.12. The molecule has 84 valence electrons.